The van der Waals surface area contributed by atoms with E-state index >= 15 is 0 Å². The molecule has 7 rings (SSSR count). The van der Waals surface area contributed by atoms with E-state index in [1.807, 2.05) is 0 Å². The molecule has 1 heterocycles. The molecule has 0 nitrogen and oxygen atoms in total. The minimum absolute atomic E-state index is 0.0575. The standard InChI is InChI=1S/C30H37Si2.C12H9Si.2ClH.Zr/c1-21(2)24-16-23-14-15-28(22-12-10-9-11-13-22)30(29(23)19-24)25-17-26(31(3,4)5)20-27(18-25)32(6,7)8;1-3-7-11-9(5-1)10-6-2-4-8-12(10)13-11;;;/h9-21H,1-8H3;1-7H,13H2;2*1H;/q;;;;+2/p-2. The zero-order valence-electron chi connectivity index (χ0n) is 29.5. The van der Waals surface area contributed by atoms with Gasteiger partial charge < -0.3 is 0 Å². The molecule has 0 bridgehead atoms. The molecule has 1 unspecified atom stereocenters. The third-order valence-electron chi connectivity index (χ3n) is 10.5. The van der Waals surface area contributed by atoms with Gasteiger partial charge in [-0.1, -0.05) is 0 Å². The van der Waals surface area contributed by atoms with E-state index in [2.05, 4.69) is 162 Å². The van der Waals surface area contributed by atoms with Crippen LogP contribution in [0.25, 0.3) is 39.5 Å². The van der Waals surface area contributed by atoms with Crippen molar-refractivity contribution in [1.29, 1.82) is 0 Å². The second kappa shape index (κ2) is 12.6. The van der Waals surface area contributed by atoms with Gasteiger partial charge in [-0.2, -0.15) is 0 Å². The Morgan fingerprint density at radius 3 is 1.92 bits per heavy atom. The van der Waals surface area contributed by atoms with Crippen molar-refractivity contribution >= 4 is 72.8 Å². The van der Waals surface area contributed by atoms with Gasteiger partial charge in [0.15, 0.2) is 0 Å². The number of halogens is 2. The topological polar surface area (TPSA) is 0 Å². The van der Waals surface area contributed by atoms with Crippen LogP contribution in [0.2, 0.25) is 39.3 Å². The van der Waals surface area contributed by atoms with E-state index < -0.39 is 43.5 Å². The quantitative estimate of drug-likeness (QED) is 0.142. The van der Waals surface area contributed by atoms with Gasteiger partial charge in [0.1, 0.15) is 0 Å². The molecule has 0 aromatic heterocycles. The molecular formula is C42H46Cl2Si3Zr. The number of rotatable bonds is 7. The summed E-state index contributed by atoms with van der Waals surface area (Å²) in [5.41, 5.74) is 12.0. The monoisotopic (exact) mass is 794 g/mol. The van der Waals surface area contributed by atoms with Crippen LogP contribution in [-0.4, -0.2) is 25.7 Å². The Morgan fingerprint density at radius 2 is 1.27 bits per heavy atom. The van der Waals surface area contributed by atoms with Gasteiger partial charge in [-0.15, -0.1) is 0 Å². The molecular weight excluding hydrogens is 751 g/mol. The van der Waals surface area contributed by atoms with E-state index in [9.17, 15) is 0 Å². The van der Waals surface area contributed by atoms with Crippen LogP contribution < -0.4 is 24.0 Å². The van der Waals surface area contributed by atoms with Crippen molar-refractivity contribution in [3.05, 3.63) is 120 Å². The van der Waals surface area contributed by atoms with Crippen LogP contribution in [-0.2, 0) is 17.9 Å². The van der Waals surface area contributed by atoms with Crippen molar-refractivity contribution in [2.45, 2.75) is 56.8 Å². The summed E-state index contributed by atoms with van der Waals surface area (Å²) >= 11 is -4.11. The van der Waals surface area contributed by atoms with E-state index in [0.717, 1.165) is 0 Å². The third kappa shape index (κ3) is 6.03. The second-order valence-electron chi connectivity index (χ2n) is 16.2. The Balaban J connectivity index is 1.49. The van der Waals surface area contributed by atoms with Crippen molar-refractivity contribution in [2.24, 2.45) is 5.92 Å². The molecule has 48 heavy (non-hydrogen) atoms. The molecule has 1 atom stereocenters. The molecule has 244 valence electrons. The van der Waals surface area contributed by atoms with Gasteiger partial charge in [-0.05, 0) is 0 Å². The molecule has 5 aromatic rings. The molecule has 0 saturated carbocycles. The average molecular weight is 797 g/mol. The Hall–Kier alpha value is -2.05. The van der Waals surface area contributed by atoms with Crippen LogP contribution in [0.15, 0.2) is 109 Å². The van der Waals surface area contributed by atoms with E-state index in [-0.39, 0.29) is 3.63 Å². The summed E-state index contributed by atoms with van der Waals surface area (Å²) in [6.07, 6.45) is 2.51. The molecule has 0 radical (unpaired) electrons. The van der Waals surface area contributed by atoms with Crippen molar-refractivity contribution < 1.29 is 17.9 Å². The van der Waals surface area contributed by atoms with Crippen molar-refractivity contribution in [3.8, 4) is 33.4 Å². The van der Waals surface area contributed by atoms with Crippen LogP contribution in [0.3, 0.4) is 0 Å². The first-order valence-electron chi connectivity index (χ1n) is 17.3. The summed E-state index contributed by atoms with van der Waals surface area (Å²) in [6.45, 7) is 19.5. The van der Waals surface area contributed by atoms with Gasteiger partial charge in [-0.3, -0.25) is 0 Å². The first kappa shape index (κ1) is 34.4. The molecule has 0 fully saturated rings. The first-order valence-corrected chi connectivity index (χ1v) is 34.7. The molecule has 6 heteroatoms. The molecule has 0 spiro atoms. The molecule has 0 amide bonds. The molecule has 0 saturated heterocycles. The second-order valence-corrected chi connectivity index (χ2v) is 42.2. The fraction of sp³-hybridized carbons (Fsp3) is 0.238. The van der Waals surface area contributed by atoms with Crippen LogP contribution in [0.1, 0.15) is 28.6 Å². The van der Waals surface area contributed by atoms with Crippen molar-refractivity contribution in [2.75, 3.05) is 0 Å². The summed E-state index contributed by atoms with van der Waals surface area (Å²) < 4.78 is 1.36. The van der Waals surface area contributed by atoms with Crippen molar-refractivity contribution in [1.82, 2.24) is 0 Å². The van der Waals surface area contributed by atoms with E-state index in [1.165, 1.54) is 74.1 Å². The van der Waals surface area contributed by atoms with Gasteiger partial charge in [0, 0.05) is 0 Å². The fourth-order valence-electron chi connectivity index (χ4n) is 7.81. The maximum atomic E-state index is 8.05. The number of allylic oxidation sites excluding steroid dienone is 1. The normalized spacial score (nSPS) is 16.2. The zero-order chi connectivity index (χ0) is 34.2. The molecule has 2 aliphatic rings. The van der Waals surface area contributed by atoms with Gasteiger partial charge in [-0.25, -0.2) is 0 Å². The summed E-state index contributed by atoms with van der Waals surface area (Å²) in [6, 6.07) is 39.0. The Labute approximate surface area is 304 Å². The minimum atomic E-state index is -4.11. The molecule has 1 aliphatic heterocycles. The van der Waals surface area contributed by atoms with Crippen LogP contribution in [0.4, 0.5) is 0 Å². The summed E-state index contributed by atoms with van der Waals surface area (Å²) in [7, 11) is 12.2. The van der Waals surface area contributed by atoms with Gasteiger partial charge in [0.25, 0.3) is 0 Å². The predicted molar refractivity (Wildman–Crippen MR) is 220 cm³/mol. The average Bonchev–Trinajstić information content (AvgIpc) is 3.63. The maximum absolute atomic E-state index is 8.05. The summed E-state index contributed by atoms with van der Waals surface area (Å²) in [5, 5.41) is 6.06. The zero-order valence-corrected chi connectivity index (χ0v) is 36.9. The van der Waals surface area contributed by atoms with E-state index in [4.69, 9.17) is 17.0 Å². The Kier molecular flexibility index (Phi) is 9.05. The summed E-state index contributed by atoms with van der Waals surface area (Å²) in [5.74, 6) is 0.334. The number of fused-ring (bicyclic) bond motifs is 4. The Morgan fingerprint density at radius 1 is 0.646 bits per heavy atom. The molecule has 5 aromatic carbocycles. The van der Waals surface area contributed by atoms with Crippen LogP contribution in [0.5, 0.6) is 0 Å². The molecule has 0 N–H and O–H groups in total. The SMILES string of the molecule is CC(C)C1=Cc2c(ccc(-c3ccccc3)c2-c2cc([Si](C)(C)C)cc([Si](C)(C)C)c2)[CH]1[Zr]([Cl])([Cl])[c]1cccc2c1[SiH2]c1ccccc1-2. The summed E-state index contributed by atoms with van der Waals surface area (Å²) in [4.78, 5) is 0. The third-order valence-corrected chi connectivity index (χ3v) is 28.8. The first-order chi connectivity index (χ1) is 22.7. The number of hydrogen-bond acceptors (Lipinski definition) is 0. The van der Waals surface area contributed by atoms with Gasteiger partial charge in [0.05, 0.1) is 0 Å². The van der Waals surface area contributed by atoms with Crippen LogP contribution >= 0.6 is 17.0 Å². The van der Waals surface area contributed by atoms with Crippen molar-refractivity contribution in [3.63, 3.8) is 0 Å². The van der Waals surface area contributed by atoms with E-state index in [1.54, 1.807) is 0 Å². The van der Waals surface area contributed by atoms with Crippen LogP contribution in [0, 0.1) is 5.92 Å². The van der Waals surface area contributed by atoms with E-state index in [0.29, 0.717) is 5.92 Å². The fourth-order valence-corrected chi connectivity index (χ4v) is 27.4. The Bertz CT molecular complexity index is 2050. The number of benzene rings is 5. The number of hydrogen-bond donors (Lipinski definition) is 0. The predicted octanol–water partition coefficient (Wildman–Crippen LogP) is 9.09. The van der Waals surface area contributed by atoms with Gasteiger partial charge in [0.2, 0.25) is 0 Å². The van der Waals surface area contributed by atoms with Gasteiger partial charge >= 0.3 is 307 Å². The molecule has 1 aliphatic carbocycles.